The quantitative estimate of drug-likeness (QED) is 0.766. The molecule has 0 spiro atoms. The van der Waals surface area contributed by atoms with Crippen LogP contribution in [0.2, 0.25) is 0 Å². The number of phenols is 1. The van der Waals surface area contributed by atoms with Crippen molar-refractivity contribution in [3.05, 3.63) is 78.1 Å². The zero-order valence-corrected chi connectivity index (χ0v) is 13.1. The molecule has 1 aromatic heterocycles. The zero-order valence-electron chi connectivity index (χ0n) is 13.1. The summed E-state index contributed by atoms with van der Waals surface area (Å²) < 4.78 is 5.28. The SMILES string of the molecule is COc1ccc(O)c(-c2ccccc2CCc2ccncc2)c1. The Morgan fingerprint density at radius 2 is 1.70 bits per heavy atom. The fourth-order valence-electron chi connectivity index (χ4n) is 2.69. The lowest BCUT2D eigenvalue weighted by molar-refractivity contribution is 0.412. The number of benzene rings is 2. The fourth-order valence-corrected chi connectivity index (χ4v) is 2.69. The van der Waals surface area contributed by atoms with Gasteiger partial charge >= 0.3 is 0 Å². The van der Waals surface area contributed by atoms with Gasteiger partial charge in [0.05, 0.1) is 7.11 Å². The number of hydrogen-bond donors (Lipinski definition) is 1. The number of rotatable bonds is 5. The average Bonchev–Trinajstić information content (AvgIpc) is 2.62. The molecular weight excluding hydrogens is 286 g/mol. The highest BCUT2D eigenvalue weighted by Crippen LogP contribution is 2.35. The summed E-state index contributed by atoms with van der Waals surface area (Å²) in [6, 6.07) is 17.5. The van der Waals surface area contributed by atoms with E-state index in [2.05, 4.69) is 11.1 Å². The maximum atomic E-state index is 10.2. The molecule has 0 aliphatic rings. The molecule has 0 saturated heterocycles. The summed E-state index contributed by atoms with van der Waals surface area (Å²) in [7, 11) is 1.63. The lowest BCUT2D eigenvalue weighted by atomic mass is 9.94. The van der Waals surface area contributed by atoms with E-state index in [9.17, 15) is 5.11 Å². The van der Waals surface area contributed by atoms with E-state index in [1.165, 1.54) is 11.1 Å². The number of ether oxygens (including phenoxy) is 1. The highest BCUT2D eigenvalue weighted by molar-refractivity contribution is 5.74. The van der Waals surface area contributed by atoms with E-state index >= 15 is 0 Å². The number of aromatic hydroxyl groups is 1. The molecule has 0 aliphatic heterocycles. The highest BCUT2D eigenvalue weighted by Gasteiger charge is 2.10. The molecule has 2 aromatic carbocycles. The van der Waals surface area contributed by atoms with Crippen LogP contribution in [0.15, 0.2) is 67.0 Å². The van der Waals surface area contributed by atoms with Crippen LogP contribution in [0.4, 0.5) is 0 Å². The first-order chi connectivity index (χ1) is 11.3. The number of nitrogens with zero attached hydrogens (tertiary/aromatic N) is 1. The van der Waals surface area contributed by atoms with Crippen molar-refractivity contribution in [3.63, 3.8) is 0 Å². The first-order valence-corrected chi connectivity index (χ1v) is 7.62. The van der Waals surface area contributed by atoms with Crippen LogP contribution >= 0.6 is 0 Å². The summed E-state index contributed by atoms with van der Waals surface area (Å²) in [6.07, 6.45) is 5.46. The molecule has 3 nitrogen and oxygen atoms in total. The van der Waals surface area contributed by atoms with Gasteiger partial charge in [-0.1, -0.05) is 24.3 Å². The number of aromatic nitrogens is 1. The standard InChI is InChI=1S/C20H19NO2/c1-23-17-8-9-20(22)19(14-17)18-5-3-2-4-16(18)7-6-15-10-12-21-13-11-15/h2-5,8-14,22H,6-7H2,1H3. The Kier molecular flexibility index (Phi) is 4.57. The Bertz CT molecular complexity index is 785. The van der Waals surface area contributed by atoms with Crippen molar-refractivity contribution in [1.82, 2.24) is 4.98 Å². The first kappa shape index (κ1) is 15.1. The van der Waals surface area contributed by atoms with Gasteiger partial charge in [-0.25, -0.2) is 0 Å². The molecule has 3 rings (SSSR count). The van der Waals surface area contributed by atoms with Gasteiger partial charge in [0.1, 0.15) is 11.5 Å². The molecule has 3 aromatic rings. The van der Waals surface area contributed by atoms with Crippen LogP contribution in [0.3, 0.4) is 0 Å². The molecule has 0 bridgehead atoms. The molecule has 3 heteroatoms. The molecule has 1 heterocycles. The number of pyridine rings is 1. The maximum Gasteiger partial charge on any atom is 0.123 e. The van der Waals surface area contributed by atoms with Crippen molar-refractivity contribution in [1.29, 1.82) is 0 Å². The Labute approximate surface area is 136 Å². The Balaban J connectivity index is 1.92. The Hall–Kier alpha value is -2.81. The van der Waals surface area contributed by atoms with Crippen LogP contribution in [-0.4, -0.2) is 17.2 Å². The second-order valence-electron chi connectivity index (χ2n) is 5.40. The molecule has 0 saturated carbocycles. The van der Waals surface area contributed by atoms with Crippen molar-refractivity contribution < 1.29 is 9.84 Å². The van der Waals surface area contributed by atoms with Crippen molar-refractivity contribution in [2.75, 3.05) is 7.11 Å². The molecule has 0 atom stereocenters. The van der Waals surface area contributed by atoms with Crippen molar-refractivity contribution >= 4 is 0 Å². The number of aryl methyl sites for hydroxylation is 2. The smallest absolute Gasteiger partial charge is 0.123 e. The summed E-state index contributed by atoms with van der Waals surface area (Å²) in [5.74, 6) is 1.00. The largest absolute Gasteiger partial charge is 0.507 e. The predicted molar refractivity (Wildman–Crippen MR) is 91.7 cm³/mol. The van der Waals surface area contributed by atoms with E-state index in [0.717, 1.165) is 29.7 Å². The summed E-state index contributed by atoms with van der Waals surface area (Å²) in [4.78, 5) is 4.05. The Morgan fingerprint density at radius 3 is 2.48 bits per heavy atom. The van der Waals surface area contributed by atoms with Crippen LogP contribution in [0, 0.1) is 0 Å². The van der Waals surface area contributed by atoms with Gasteiger partial charge in [-0.3, -0.25) is 4.98 Å². The van der Waals surface area contributed by atoms with Crippen molar-refractivity contribution in [2.45, 2.75) is 12.8 Å². The lowest BCUT2D eigenvalue weighted by Gasteiger charge is -2.12. The van der Waals surface area contributed by atoms with Crippen LogP contribution in [-0.2, 0) is 12.8 Å². The molecule has 1 N–H and O–H groups in total. The molecule has 0 amide bonds. The highest BCUT2D eigenvalue weighted by atomic mass is 16.5. The number of methoxy groups -OCH3 is 1. The monoisotopic (exact) mass is 305 g/mol. The van der Waals surface area contributed by atoms with Gasteiger partial charge in [0.2, 0.25) is 0 Å². The average molecular weight is 305 g/mol. The molecule has 0 fully saturated rings. The number of phenolic OH excluding ortho intramolecular Hbond substituents is 1. The third-order valence-corrected chi connectivity index (χ3v) is 3.94. The topological polar surface area (TPSA) is 42.4 Å². The Morgan fingerprint density at radius 1 is 0.913 bits per heavy atom. The minimum Gasteiger partial charge on any atom is -0.507 e. The van der Waals surface area contributed by atoms with E-state index in [0.29, 0.717) is 0 Å². The fraction of sp³-hybridized carbons (Fsp3) is 0.150. The third kappa shape index (κ3) is 3.51. The normalized spacial score (nSPS) is 10.5. The molecule has 0 aliphatic carbocycles. The van der Waals surface area contributed by atoms with Gasteiger partial charge in [0.25, 0.3) is 0 Å². The summed E-state index contributed by atoms with van der Waals surface area (Å²) >= 11 is 0. The second-order valence-corrected chi connectivity index (χ2v) is 5.40. The molecular formula is C20H19NO2. The molecule has 23 heavy (non-hydrogen) atoms. The second kappa shape index (κ2) is 6.97. The van der Waals surface area contributed by atoms with E-state index in [-0.39, 0.29) is 5.75 Å². The van der Waals surface area contributed by atoms with Gasteiger partial charge in [0, 0.05) is 18.0 Å². The van der Waals surface area contributed by atoms with E-state index in [4.69, 9.17) is 4.74 Å². The van der Waals surface area contributed by atoms with Crippen molar-refractivity contribution in [3.8, 4) is 22.6 Å². The molecule has 0 radical (unpaired) electrons. The van der Waals surface area contributed by atoms with Crippen LogP contribution in [0.1, 0.15) is 11.1 Å². The van der Waals surface area contributed by atoms with Crippen LogP contribution < -0.4 is 4.74 Å². The van der Waals surface area contributed by atoms with Crippen LogP contribution in [0.25, 0.3) is 11.1 Å². The minimum absolute atomic E-state index is 0.266. The lowest BCUT2D eigenvalue weighted by Crippen LogP contribution is -1.95. The maximum absolute atomic E-state index is 10.2. The van der Waals surface area contributed by atoms with Gasteiger partial charge in [-0.15, -0.1) is 0 Å². The molecule has 0 unspecified atom stereocenters. The summed E-state index contributed by atoms with van der Waals surface area (Å²) in [5, 5.41) is 10.2. The third-order valence-electron chi connectivity index (χ3n) is 3.94. The number of hydrogen-bond acceptors (Lipinski definition) is 3. The minimum atomic E-state index is 0.266. The van der Waals surface area contributed by atoms with Crippen LogP contribution in [0.5, 0.6) is 11.5 Å². The van der Waals surface area contributed by atoms with Gasteiger partial charge in [-0.2, -0.15) is 0 Å². The van der Waals surface area contributed by atoms with E-state index in [1.807, 2.05) is 48.8 Å². The van der Waals surface area contributed by atoms with E-state index < -0.39 is 0 Å². The predicted octanol–water partition coefficient (Wildman–Crippen LogP) is 4.25. The van der Waals surface area contributed by atoms with Gasteiger partial charge in [0.15, 0.2) is 0 Å². The van der Waals surface area contributed by atoms with E-state index in [1.54, 1.807) is 19.2 Å². The molecule has 116 valence electrons. The summed E-state index contributed by atoms with van der Waals surface area (Å²) in [5.41, 5.74) is 4.30. The summed E-state index contributed by atoms with van der Waals surface area (Å²) in [6.45, 7) is 0. The van der Waals surface area contributed by atoms with Gasteiger partial charge in [-0.05, 0) is 59.9 Å². The zero-order chi connectivity index (χ0) is 16.1. The first-order valence-electron chi connectivity index (χ1n) is 7.62. The van der Waals surface area contributed by atoms with Crippen molar-refractivity contribution in [2.24, 2.45) is 0 Å². The van der Waals surface area contributed by atoms with Gasteiger partial charge < -0.3 is 9.84 Å².